The number of anilines is 1. The van der Waals surface area contributed by atoms with Crippen LogP contribution in [0.2, 0.25) is 0 Å². The maximum absolute atomic E-state index is 13.5. The third-order valence-electron chi connectivity index (χ3n) is 7.16. The molecule has 4 rings (SSSR count). The summed E-state index contributed by atoms with van der Waals surface area (Å²) in [5.41, 5.74) is 0.289. The van der Waals surface area contributed by atoms with E-state index < -0.39 is 23.7 Å². The van der Waals surface area contributed by atoms with Crippen LogP contribution in [0, 0.1) is 6.92 Å². The van der Waals surface area contributed by atoms with Gasteiger partial charge in [-0.05, 0) is 63.9 Å². The topological polar surface area (TPSA) is 75.6 Å². The van der Waals surface area contributed by atoms with Crippen LogP contribution < -0.4 is 16.2 Å². The van der Waals surface area contributed by atoms with E-state index in [4.69, 9.17) is 4.74 Å². The zero-order chi connectivity index (χ0) is 26.0. The highest BCUT2D eigenvalue weighted by Crippen LogP contribution is 2.34. The van der Waals surface area contributed by atoms with Gasteiger partial charge in [-0.25, -0.2) is 0 Å². The fraction of sp³-hybridized carbons (Fsp3) is 0.538. The Hall–Kier alpha value is -2.85. The standard InChI is InChI=1S/C26H33F3N4O3/c1-16-20(5-4-6-22(16)26(27,28)29)17(2)30-25(35)21-15-33(19-8-11-36-12-9-19)24(34)13-23(21)31-18-7-10-32(3)14-18/h4-6,13,15,17-19,31H,7-12,14H2,1-3H3,(H,30,35)/t17-,18?/m1/s1. The molecule has 2 aliphatic rings. The molecule has 2 aromatic rings. The van der Waals surface area contributed by atoms with Gasteiger partial charge >= 0.3 is 6.18 Å². The van der Waals surface area contributed by atoms with Gasteiger partial charge in [0.05, 0.1) is 22.9 Å². The number of carbonyl (C=O) groups is 1. The van der Waals surface area contributed by atoms with Crippen molar-refractivity contribution in [3.63, 3.8) is 0 Å². The number of hydrogen-bond acceptors (Lipinski definition) is 5. The third-order valence-corrected chi connectivity index (χ3v) is 7.16. The zero-order valence-electron chi connectivity index (χ0n) is 20.8. The SMILES string of the molecule is Cc1c([C@@H](C)NC(=O)c2cn(C3CCOCC3)c(=O)cc2NC2CCN(C)C2)cccc1C(F)(F)F. The molecule has 0 bridgehead atoms. The summed E-state index contributed by atoms with van der Waals surface area (Å²) in [6, 6.07) is 4.78. The zero-order valence-corrected chi connectivity index (χ0v) is 20.8. The molecule has 2 atom stereocenters. The summed E-state index contributed by atoms with van der Waals surface area (Å²) in [5.74, 6) is -0.450. The Kier molecular flexibility index (Phi) is 7.75. The lowest BCUT2D eigenvalue weighted by Crippen LogP contribution is -2.34. The molecule has 0 aliphatic carbocycles. The van der Waals surface area contributed by atoms with E-state index in [0.717, 1.165) is 25.6 Å². The predicted molar refractivity (Wildman–Crippen MR) is 131 cm³/mol. The van der Waals surface area contributed by atoms with Crippen molar-refractivity contribution in [3.05, 3.63) is 63.1 Å². The van der Waals surface area contributed by atoms with Gasteiger partial charge in [0.15, 0.2) is 0 Å². The highest BCUT2D eigenvalue weighted by Gasteiger charge is 2.33. The molecule has 1 amide bonds. The molecule has 2 aliphatic heterocycles. The van der Waals surface area contributed by atoms with Crippen LogP contribution in [0.4, 0.5) is 18.9 Å². The Bertz CT molecular complexity index is 1160. The number of amides is 1. The van der Waals surface area contributed by atoms with Crippen molar-refractivity contribution in [2.45, 2.75) is 57.4 Å². The number of alkyl halides is 3. The lowest BCUT2D eigenvalue weighted by Gasteiger charge is -2.26. The molecule has 2 saturated heterocycles. The number of pyridine rings is 1. The second kappa shape index (κ2) is 10.6. The average molecular weight is 507 g/mol. The molecule has 1 unspecified atom stereocenters. The van der Waals surface area contributed by atoms with E-state index in [9.17, 15) is 22.8 Å². The number of rotatable bonds is 6. The average Bonchev–Trinajstić information content (AvgIpc) is 3.23. The van der Waals surface area contributed by atoms with Crippen LogP contribution in [0.3, 0.4) is 0 Å². The largest absolute Gasteiger partial charge is 0.416 e. The van der Waals surface area contributed by atoms with Gasteiger partial charge in [-0.15, -0.1) is 0 Å². The fourth-order valence-corrected chi connectivity index (χ4v) is 5.15. The first-order valence-corrected chi connectivity index (χ1v) is 12.3. The van der Waals surface area contributed by atoms with Gasteiger partial charge in [-0.1, -0.05) is 12.1 Å². The number of hydrogen-bond donors (Lipinski definition) is 2. The molecular formula is C26H33F3N4O3. The van der Waals surface area contributed by atoms with Crippen molar-refractivity contribution in [1.82, 2.24) is 14.8 Å². The van der Waals surface area contributed by atoms with Gasteiger partial charge < -0.3 is 24.8 Å². The van der Waals surface area contributed by atoms with Crippen LogP contribution in [0.15, 0.2) is 35.3 Å². The fourth-order valence-electron chi connectivity index (χ4n) is 5.15. The Labute approximate surface area is 208 Å². The molecule has 0 radical (unpaired) electrons. The van der Waals surface area contributed by atoms with Gasteiger partial charge in [-0.3, -0.25) is 9.59 Å². The number of ether oxygens (including phenoxy) is 1. The first kappa shape index (κ1) is 26.2. The molecule has 1 aromatic carbocycles. The third kappa shape index (κ3) is 5.75. The summed E-state index contributed by atoms with van der Waals surface area (Å²) in [6.45, 7) is 5.84. The Balaban J connectivity index is 1.65. The van der Waals surface area contributed by atoms with Crippen LogP contribution in [-0.4, -0.2) is 54.8 Å². The van der Waals surface area contributed by atoms with Gasteiger partial charge in [0.2, 0.25) is 0 Å². The number of nitrogens with zero attached hydrogens (tertiary/aromatic N) is 2. The number of benzene rings is 1. The number of likely N-dealkylation sites (tertiary alicyclic amines) is 1. The quantitative estimate of drug-likeness (QED) is 0.616. The van der Waals surface area contributed by atoms with E-state index in [1.54, 1.807) is 23.8 Å². The Morgan fingerprint density at radius 3 is 2.56 bits per heavy atom. The van der Waals surface area contributed by atoms with Crippen LogP contribution in [0.5, 0.6) is 0 Å². The van der Waals surface area contributed by atoms with Crippen LogP contribution in [0.25, 0.3) is 0 Å². The van der Waals surface area contributed by atoms with Crippen molar-refractivity contribution >= 4 is 11.6 Å². The lowest BCUT2D eigenvalue weighted by atomic mass is 9.97. The first-order chi connectivity index (χ1) is 17.0. The molecule has 0 saturated carbocycles. The van der Waals surface area contributed by atoms with E-state index in [1.165, 1.54) is 19.1 Å². The van der Waals surface area contributed by atoms with Crippen molar-refractivity contribution in [2.75, 3.05) is 38.7 Å². The summed E-state index contributed by atoms with van der Waals surface area (Å²) >= 11 is 0. The molecule has 1 aromatic heterocycles. The van der Waals surface area contributed by atoms with Crippen molar-refractivity contribution in [2.24, 2.45) is 0 Å². The van der Waals surface area contributed by atoms with Crippen molar-refractivity contribution in [1.29, 1.82) is 0 Å². The number of nitrogens with one attached hydrogen (secondary N) is 2. The lowest BCUT2D eigenvalue weighted by molar-refractivity contribution is -0.138. The maximum Gasteiger partial charge on any atom is 0.416 e. The van der Waals surface area contributed by atoms with E-state index in [0.29, 0.717) is 42.9 Å². The maximum atomic E-state index is 13.5. The number of carbonyl (C=O) groups excluding carboxylic acids is 1. The molecular weight excluding hydrogens is 473 g/mol. The highest BCUT2D eigenvalue weighted by molar-refractivity contribution is 5.99. The van der Waals surface area contributed by atoms with Crippen LogP contribution in [-0.2, 0) is 10.9 Å². The van der Waals surface area contributed by atoms with Crippen molar-refractivity contribution in [3.8, 4) is 0 Å². The van der Waals surface area contributed by atoms with Gasteiger partial charge in [0.25, 0.3) is 11.5 Å². The summed E-state index contributed by atoms with van der Waals surface area (Å²) in [4.78, 5) is 28.7. The minimum Gasteiger partial charge on any atom is -0.381 e. The highest BCUT2D eigenvalue weighted by atomic mass is 19.4. The minimum absolute atomic E-state index is 0.0763. The molecule has 2 fully saturated rings. The van der Waals surface area contributed by atoms with Gasteiger partial charge in [0.1, 0.15) is 0 Å². The molecule has 7 nitrogen and oxygen atoms in total. The summed E-state index contributed by atoms with van der Waals surface area (Å²) in [6.07, 6.45) is -0.683. The van der Waals surface area contributed by atoms with E-state index in [2.05, 4.69) is 15.5 Å². The summed E-state index contributed by atoms with van der Waals surface area (Å²) < 4.78 is 47.2. The normalized spacial score (nSPS) is 20.3. The minimum atomic E-state index is -4.48. The Morgan fingerprint density at radius 2 is 1.92 bits per heavy atom. The number of aromatic nitrogens is 1. The predicted octanol–water partition coefficient (Wildman–Crippen LogP) is 4.13. The number of likely N-dealkylation sites (N-methyl/N-ethyl adjacent to an activating group) is 1. The summed E-state index contributed by atoms with van der Waals surface area (Å²) in [5, 5.41) is 6.21. The molecule has 36 heavy (non-hydrogen) atoms. The molecule has 196 valence electrons. The second-order valence-corrected chi connectivity index (χ2v) is 9.79. The second-order valence-electron chi connectivity index (χ2n) is 9.79. The van der Waals surface area contributed by atoms with Gasteiger partial charge in [0, 0.05) is 44.1 Å². The number of halogens is 3. The van der Waals surface area contributed by atoms with Crippen LogP contribution >= 0.6 is 0 Å². The van der Waals surface area contributed by atoms with Crippen molar-refractivity contribution < 1.29 is 22.7 Å². The molecule has 3 heterocycles. The van der Waals surface area contributed by atoms with E-state index >= 15 is 0 Å². The molecule has 0 spiro atoms. The van der Waals surface area contributed by atoms with Crippen LogP contribution in [0.1, 0.15) is 65.3 Å². The Morgan fingerprint density at radius 1 is 1.19 bits per heavy atom. The first-order valence-electron chi connectivity index (χ1n) is 12.3. The van der Waals surface area contributed by atoms with E-state index in [-0.39, 0.29) is 23.2 Å². The van der Waals surface area contributed by atoms with Gasteiger partial charge in [-0.2, -0.15) is 13.2 Å². The monoisotopic (exact) mass is 506 g/mol. The smallest absolute Gasteiger partial charge is 0.381 e. The summed E-state index contributed by atoms with van der Waals surface area (Å²) in [7, 11) is 2.01. The molecule has 2 N–H and O–H groups in total. The van der Waals surface area contributed by atoms with E-state index in [1.807, 2.05) is 7.05 Å². The molecule has 10 heteroatoms.